The first kappa shape index (κ1) is 20.7. The molecule has 0 atom stereocenters. The fraction of sp³-hybridized carbons (Fsp3) is 0.357. The molecule has 0 bridgehead atoms. The standard InChI is InChI=1S/C28H32N4/c1-6-16-28(17-7-1,32-27-15-21-31-25-13-5-3-11-23(25)27)18-8-9-19-29-26-14-20-30-24-12-4-2-10-22(24)26/h2-5,10-15,20-21H,1,6-9,16-19H2,(H,29,30)(H,31,32). The molecule has 4 heteroatoms. The van der Waals surface area contributed by atoms with Crippen molar-refractivity contribution >= 4 is 33.2 Å². The minimum absolute atomic E-state index is 0.200. The highest BCUT2D eigenvalue weighted by Crippen LogP contribution is 2.37. The summed E-state index contributed by atoms with van der Waals surface area (Å²) in [4.78, 5) is 9.01. The third-order valence-corrected chi connectivity index (χ3v) is 6.91. The Bertz CT molecular complexity index is 1170. The highest BCUT2D eigenvalue weighted by molar-refractivity contribution is 5.91. The lowest BCUT2D eigenvalue weighted by molar-refractivity contribution is 0.297. The number of pyridine rings is 2. The van der Waals surface area contributed by atoms with Crippen molar-refractivity contribution in [2.75, 3.05) is 17.2 Å². The van der Waals surface area contributed by atoms with E-state index in [9.17, 15) is 0 Å². The number of hydrogen-bond donors (Lipinski definition) is 2. The van der Waals surface area contributed by atoms with E-state index < -0.39 is 0 Å². The Hall–Kier alpha value is -3.14. The predicted molar refractivity (Wildman–Crippen MR) is 135 cm³/mol. The molecule has 0 aliphatic heterocycles. The highest BCUT2D eigenvalue weighted by Gasteiger charge is 2.31. The van der Waals surface area contributed by atoms with Gasteiger partial charge in [0.05, 0.1) is 11.0 Å². The Labute approximate surface area is 190 Å². The second-order valence-electron chi connectivity index (χ2n) is 9.10. The number of hydrogen-bond acceptors (Lipinski definition) is 4. The van der Waals surface area contributed by atoms with Crippen LogP contribution in [0.5, 0.6) is 0 Å². The molecule has 2 heterocycles. The molecule has 0 unspecified atom stereocenters. The van der Waals surface area contributed by atoms with E-state index in [0.29, 0.717) is 0 Å². The maximum atomic E-state index is 4.54. The SMILES string of the molecule is c1ccc2c(NCCCCC3(Nc4ccnc5ccccc45)CCCCC3)ccnc2c1. The summed E-state index contributed by atoms with van der Waals surface area (Å²) in [5, 5.41) is 10.1. The number of aromatic nitrogens is 2. The molecule has 4 nitrogen and oxygen atoms in total. The number of nitrogens with zero attached hydrogens (tertiary/aromatic N) is 2. The molecule has 1 fully saturated rings. The zero-order chi connectivity index (χ0) is 21.6. The molecule has 2 aromatic heterocycles. The molecule has 1 saturated carbocycles. The van der Waals surface area contributed by atoms with Crippen molar-refractivity contribution in [2.45, 2.75) is 56.9 Å². The summed E-state index contributed by atoms with van der Waals surface area (Å²) in [6.07, 6.45) is 13.9. The van der Waals surface area contributed by atoms with Gasteiger partial charge >= 0.3 is 0 Å². The maximum absolute atomic E-state index is 4.54. The van der Waals surface area contributed by atoms with Gasteiger partial charge in [-0.2, -0.15) is 0 Å². The summed E-state index contributed by atoms with van der Waals surface area (Å²) < 4.78 is 0. The molecule has 0 amide bonds. The van der Waals surface area contributed by atoms with Crippen LogP contribution < -0.4 is 10.6 Å². The molecule has 1 aliphatic carbocycles. The third-order valence-electron chi connectivity index (χ3n) is 6.91. The highest BCUT2D eigenvalue weighted by atomic mass is 15.0. The quantitative estimate of drug-likeness (QED) is 0.294. The van der Waals surface area contributed by atoms with Crippen molar-refractivity contribution in [2.24, 2.45) is 0 Å². The average molecular weight is 425 g/mol. The molecule has 164 valence electrons. The Balaban J connectivity index is 1.22. The number of para-hydroxylation sites is 2. The summed E-state index contributed by atoms with van der Waals surface area (Å²) in [6.45, 7) is 0.988. The van der Waals surface area contributed by atoms with E-state index in [2.05, 4.69) is 75.2 Å². The van der Waals surface area contributed by atoms with Crippen molar-refractivity contribution in [1.82, 2.24) is 9.97 Å². The minimum Gasteiger partial charge on any atom is -0.384 e. The molecule has 32 heavy (non-hydrogen) atoms. The van der Waals surface area contributed by atoms with Gasteiger partial charge in [0.1, 0.15) is 0 Å². The fourth-order valence-corrected chi connectivity index (χ4v) is 5.22. The molecule has 4 aromatic rings. The normalized spacial score (nSPS) is 15.6. The van der Waals surface area contributed by atoms with Gasteiger partial charge in [-0.3, -0.25) is 9.97 Å². The summed E-state index contributed by atoms with van der Waals surface area (Å²) in [7, 11) is 0. The fourth-order valence-electron chi connectivity index (χ4n) is 5.22. The van der Waals surface area contributed by atoms with E-state index in [0.717, 1.165) is 24.0 Å². The van der Waals surface area contributed by atoms with Crippen LogP contribution in [0.1, 0.15) is 51.4 Å². The molecule has 2 N–H and O–H groups in total. The van der Waals surface area contributed by atoms with Crippen molar-refractivity contribution in [3.05, 3.63) is 73.1 Å². The molecule has 2 aromatic carbocycles. The van der Waals surface area contributed by atoms with E-state index in [4.69, 9.17) is 0 Å². The second kappa shape index (κ2) is 9.56. The van der Waals surface area contributed by atoms with Crippen LogP contribution in [-0.4, -0.2) is 22.1 Å². The Kier molecular flexibility index (Phi) is 6.20. The average Bonchev–Trinajstić information content (AvgIpc) is 2.85. The second-order valence-corrected chi connectivity index (χ2v) is 9.10. The largest absolute Gasteiger partial charge is 0.384 e. The van der Waals surface area contributed by atoms with Crippen molar-refractivity contribution in [3.63, 3.8) is 0 Å². The topological polar surface area (TPSA) is 49.8 Å². The van der Waals surface area contributed by atoms with Gasteiger partial charge < -0.3 is 10.6 Å². The van der Waals surface area contributed by atoms with Crippen molar-refractivity contribution in [1.29, 1.82) is 0 Å². The summed E-state index contributed by atoms with van der Waals surface area (Å²) >= 11 is 0. The number of fused-ring (bicyclic) bond motifs is 2. The van der Waals surface area contributed by atoms with Crippen LogP contribution in [0.15, 0.2) is 73.1 Å². The number of benzene rings is 2. The molecule has 1 aliphatic rings. The monoisotopic (exact) mass is 424 g/mol. The first-order valence-corrected chi connectivity index (χ1v) is 12.0. The number of anilines is 2. The lowest BCUT2D eigenvalue weighted by Crippen LogP contribution is -2.40. The number of unbranched alkanes of at least 4 members (excludes halogenated alkanes) is 1. The van der Waals surface area contributed by atoms with Gasteiger partial charge in [-0.05, 0) is 56.4 Å². The van der Waals surface area contributed by atoms with E-state index >= 15 is 0 Å². The van der Waals surface area contributed by atoms with Crippen molar-refractivity contribution in [3.8, 4) is 0 Å². The van der Waals surface area contributed by atoms with Crippen LogP contribution in [0.2, 0.25) is 0 Å². The van der Waals surface area contributed by atoms with Gasteiger partial charge in [-0.15, -0.1) is 0 Å². The number of rotatable bonds is 8. The van der Waals surface area contributed by atoms with Crippen LogP contribution >= 0.6 is 0 Å². The van der Waals surface area contributed by atoms with Gasteiger partial charge in [0.25, 0.3) is 0 Å². The summed E-state index contributed by atoms with van der Waals surface area (Å²) in [5.41, 5.74) is 4.74. The molecule has 0 radical (unpaired) electrons. The van der Waals surface area contributed by atoms with Crippen LogP contribution in [0.25, 0.3) is 21.8 Å². The lowest BCUT2D eigenvalue weighted by atomic mass is 9.78. The van der Waals surface area contributed by atoms with Crippen LogP contribution in [0.3, 0.4) is 0 Å². The minimum atomic E-state index is 0.200. The first-order valence-electron chi connectivity index (χ1n) is 12.0. The Morgan fingerprint density at radius 1 is 0.688 bits per heavy atom. The van der Waals surface area contributed by atoms with E-state index in [-0.39, 0.29) is 5.54 Å². The lowest BCUT2D eigenvalue weighted by Gasteiger charge is -2.39. The van der Waals surface area contributed by atoms with Gasteiger partial charge in [0.15, 0.2) is 0 Å². The zero-order valence-corrected chi connectivity index (χ0v) is 18.7. The number of nitrogens with one attached hydrogen (secondary N) is 2. The smallest absolute Gasteiger partial charge is 0.0722 e. The third kappa shape index (κ3) is 4.55. The Morgan fingerprint density at radius 2 is 1.31 bits per heavy atom. The summed E-state index contributed by atoms with van der Waals surface area (Å²) in [5.74, 6) is 0. The molecule has 5 rings (SSSR count). The molecule has 0 spiro atoms. The maximum Gasteiger partial charge on any atom is 0.0722 e. The predicted octanol–water partition coefficient (Wildman–Crippen LogP) is 7.18. The molecular formula is C28H32N4. The first-order chi connectivity index (χ1) is 15.8. The van der Waals surface area contributed by atoms with Gasteiger partial charge in [-0.1, -0.05) is 55.7 Å². The van der Waals surface area contributed by atoms with Crippen molar-refractivity contribution < 1.29 is 0 Å². The van der Waals surface area contributed by atoms with Crippen LogP contribution in [0.4, 0.5) is 11.4 Å². The van der Waals surface area contributed by atoms with Crippen LogP contribution in [0, 0.1) is 0 Å². The van der Waals surface area contributed by atoms with Gasteiger partial charge in [-0.25, -0.2) is 0 Å². The molecular weight excluding hydrogens is 392 g/mol. The van der Waals surface area contributed by atoms with Gasteiger partial charge in [0.2, 0.25) is 0 Å². The van der Waals surface area contributed by atoms with Crippen LogP contribution in [-0.2, 0) is 0 Å². The van der Waals surface area contributed by atoms with E-state index in [1.165, 1.54) is 67.1 Å². The van der Waals surface area contributed by atoms with Gasteiger partial charge in [0, 0.05) is 46.6 Å². The molecule has 0 saturated heterocycles. The van der Waals surface area contributed by atoms with E-state index in [1.807, 2.05) is 18.5 Å². The Morgan fingerprint density at radius 3 is 2.03 bits per heavy atom. The van der Waals surface area contributed by atoms with E-state index in [1.54, 1.807) is 0 Å². The zero-order valence-electron chi connectivity index (χ0n) is 18.7. The summed E-state index contributed by atoms with van der Waals surface area (Å²) in [6, 6.07) is 21.0.